The first-order chi connectivity index (χ1) is 16.2. The molecule has 0 bridgehead atoms. The Kier molecular flexibility index (Phi) is 6.69. The monoisotopic (exact) mass is 452 g/mol. The third kappa shape index (κ3) is 5.25. The van der Waals surface area contributed by atoms with E-state index in [1.54, 1.807) is 0 Å². The van der Waals surface area contributed by atoms with Gasteiger partial charge in [-0.25, -0.2) is 0 Å². The van der Waals surface area contributed by atoms with Gasteiger partial charge in [0.1, 0.15) is 18.5 Å². The van der Waals surface area contributed by atoms with Gasteiger partial charge in [-0.2, -0.15) is 0 Å². The van der Waals surface area contributed by atoms with Crippen molar-refractivity contribution in [2.75, 3.05) is 39.6 Å². The highest BCUT2D eigenvalue weighted by Gasteiger charge is 2.25. The van der Waals surface area contributed by atoms with E-state index in [9.17, 15) is 9.90 Å². The number of aliphatic hydroxyl groups is 1. The van der Waals surface area contributed by atoms with Gasteiger partial charge in [0.25, 0.3) is 0 Å². The van der Waals surface area contributed by atoms with E-state index in [1.807, 2.05) is 35.2 Å². The van der Waals surface area contributed by atoms with Crippen molar-refractivity contribution >= 4 is 5.91 Å². The predicted molar refractivity (Wildman–Crippen MR) is 124 cm³/mol. The lowest BCUT2D eigenvalue weighted by Crippen LogP contribution is -2.40. The number of piperidine rings is 1. The van der Waals surface area contributed by atoms with Crippen LogP contribution in [0.5, 0.6) is 17.2 Å². The summed E-state index contributed by atoms with van der Waals surface area (Å²) in [6, 6.07) is 14.1. The Labute approximate surface area is 194 Å². The average Bonchev–Trinajstić information content (AvgIpc) is 3.47. The number of hydrogen-bond acceptors (Lipinski definition) is 6. The van der Waals surface area contributed by atoms with Gasteiger partial charge in [-0.3, -0.25) is 4.79 Å². The Bertz CT molecular complexity index is 973. The number of fused-ring (bicyclic) bond motifs is 1. The smallest absolute Gasteiger partial charge is 0.231 e. The molecule has 7 nitrogen and oxygen atoms in total. The fourth-order valence-corrected chi connectivity index (χ4v) is 5.00. The lowest BCUT2D eigenvalue weighted by atomic mass is 9.89. The average molecular weight is 453 g/mol. The molecule has 0 aliphatic carbocycles. The van der Waals surface area contributed by atoms with Crippen LogP contribution in [0.3, 0.4) is 0 Å². The first-order valence-corrected chi connectivity index (χ1v) is 11.9. The molecule has 0 unspecified atom stereocenters. The lowest BCUT2D eigenvalue weighted by molar-refractivity contribution is -0.128. The zero-order valence-corrected chi connectivity index (χ0v) is 18.9. The summed E-state index contributed by atoms with van der Waals surface area (Å²) in [5, 5.41) is 10.6. The molecule has 0 spiro atoms. The van der Waals surface area contributed by atoms with Crippen molar-refractivity contribution in [3.05, 3.63) is 53.6 Å². The van der Waals surface area contributed by atoms with Crippen molar-refractivity contribution < 1.29 is 24.1 Å². The van der Waals surface area contributed by atoms with Crippen molar-refractivity contribution in [2.45, 2.75) is 44.2 Å². The van der Waals surface area contributed by atoms with E-state index in [-0.39, 0.29) is 12.5 Å². The van der Waals surface area contributed by atoms with Crippen LogP contribution in [-0.4, -0.2) is 66.5 Å². The molecule has 1 atom stereocenters. The highest BCUT2D eigenvalue weighted by atomic mass is 16.7. The Balaban J connectivity index is 1.09. The molecule has 1 N–H and O–H groups in total. The largest absolute Gasteiger partial charge is 0.490 e. The highest BCUT2D eigenvalue weighted by Crippen LogP contribution is 2.37. The molecule has 1 amide bonds. The van der Waals surface area contributed by atoms with Crippen LogP contribution >= 0.6 is 0 Å². The molecule has 3 aliphatic rings. The van der Waals surface area contributed by atoms with Crippen LogP contribution in [0.15, 0.2) is 42.5 Å². The van der Waals surface area contributed by atoms with Gasteiger partial charge in [0.2, 0.25) is 12.7 Å². The van der Waals surface area contributed by atoms with Crippen LogP contribution in [0.4, 0.5) is 0 Å². The predicted octanol–water partition coefficient (Wildman–Crippen LogP) is 3.16. The number of carbonyl (C=O) groups is 1. The van der Waals surface area contributed by atoms with Crippen LogP contribution in [-0.2, 0) is 11.3 Å². The van der Waals surface area contributed by atoms with E-state index >= 15 is 0 Å². The quantitative estimate of drug-likeness (QED) is 0.664. The van der Waals surface area contributed by atoms with E-state index in [2.05, 4.69) is 17.0 Å². The van der Waals surface area contributed by atoms with Crippen molar-refractivity contribution in [3.8, 4) is 17.2 Å². The maximum Gasteiger partial charge on any atom is 0.231 e. The van der Waals surface area contributed by atoms with Gasteiger partial charge in [-0.05, 0) is 62.0 Å². The number of ether oxygens (including phenoxy) is 3. The molecular formula is C26H32N2O5. The molecule has 33 heavy (non-hydrogen) atoms. The molecule has 2 fully saturated rings. The van der Waals surface area contributed by atoms with E-state index in [0.29, 0.717) is 32.2 Å². The molecule has 7 heteroatoms. The van der Waals surface area contributed by atoms with Gasteiger partial charge in [-0.15, -0.1) is 0 Å². The van der Waals surface area contributed by atoms with Crippen LogP contribution in [0.25, 0.3) is 0 Å². The van der Waals surface area contributed by atoms with Crippen LogP contribution in [0.1, 0.15) is 42.7 Å². The van der Waals surface area contributed by atoms with Crippen LogP contribution in [0, 0.1) is 0 Å². The molecule has 0 radical (unpaired) electrons. The molecule has 2 saturated heterocycles. The number of β-amino-alcohol motifs (C(OH)–C–C–N with tert-alkyl or cyclic N) is 1. The number of benzene rings is 2. The summed E-state index contributed by atoms with van der Waals surface area (Å²) < 4.78 is 16.9. The second kappa shape index (κ2) is 10.0. The number of likely N-dealkylation sites (tertiary alicyclic amines) is 2. The van der Waals surface area contributed by atoms with Gasteiger partial charge >= 0.3 is 0 Å². The number of aliphatic hydroxyl groups excluding tert-OH is 1. The third-order valence-electron chi connectivity index (χ3n) is 6.86. The number of hydrogen-bond donors (Lipinski definition) is 1. The normalized spacial score (nSPS) is 19.8. The summed E-state index contributed by atoms with van der Waals surface area (Å²) in [5.41, 5.74) is 2.29. The molecule has 3 aliphatic heterocycles. The summed E-state index contributed by atoms with van der Waals surface area (Å²) in [7, 11) is 0. The minimum Gasteiger partial charge on any atom is -0.490 e. The second-order valence-electron chi connectivity index (χ2n) is 9.18. The lowest BCUT2D eigenvalue weighted by Gasteiger charge is -2.33. The van der Waals surface area contributed by atoms with Crippen molar-refractivity contribution in [1.82, 2.24) is 9.80 Å². The molecule has 2 aromatic carbocycles. The molecular weight excluding hydrogens is 420 g/mol. The molecule has 3 heterocycles. The fourth-order valence-electron chi connectivity index (χ4n) is 5.00. The zero-order valence-electron chi connectivity index (χ0n) is 18.9. The van der Waals surface area contributed by atoms with Crippen molar-refractivity contribution in [3.63, 3.8) is 0 Å². The summed E-state index contributed by atoms with van der Waals surface area (Å²) >= 11 is 0. The topological polar surface area (TPSA) is 71.5 Å². The summed E-state index contributed by atoms with van der Waals surface area (Å²) in [4.78, 5) is 16.2. The highest BCUT2D eigenvalue weighted by molar-refractivity contribution is 5.78. The first kappa shape index (κ1) is 22.0. The van der Waals surface area contributed by atoms with Crippen LogP contribution < -0.4 is 14.2 Å². The molecule has 2 aromatic rings. The maximum atomic E-state index is 12.0. The molecule has 176 valence electrons. The molecule has 5 rings (SSSR count). The van der Waals surface area contributed by atoms with Crippen LogP contribution in [0.2, 0.25) is 0 Å². The summed E-state index contributed by atoms with van der Waals surface area (Å²) in [6.07, 6.45) is 3.10. The molecule has 0 saturated carbocycles. The SMILES string of the molecule is O=C1CCCN1Cc1ccccc1OC[C@@H](O)CN1CCC(c2ccc3c(c2)OCO3)CC1. The number of rotatable bonds is 8. The Hall–Kier alpha value is -2.77. The van der Waals surface area contributed by atoms with E-state index in [0.717, 1.165) is 61.7 Å². The van der Waals surface area contributed by atoms with Gasteiger partial charge in [-0.1, -0.05) is 24.3 Å². The number of carbonyl (C=O) groups excluding carboxylic acids is 1. The minimum atomic E-state index is -0.562. The van der Waals surface area contributed by atoms with Gasteiger partial charge in [0.15, 0.2) is 11.5 Å². The molecule has 0 aromatic heterocycles. The van der Waals surface area contributed by atoms with Gasteiger partial charge in [0, 0.05) is 31.6 Å². The van der Waals surface area contributed by atoms with Gasteiger partial charge < -0.3 is 29.1 Å². The Morgan fingerprint density at radius 3 is 2.70 bits per heavy atom. The summed E-state index contributed by atoms with van der Waals surface area (Å²) in [6.45, 7) is 4.41. The number of amides is 1. The second-order valence-corrected chi connectivity index (χ2v) is 9.18. The van der Waals surface area contributed by atoms with E-state index < -0.39 is 6.10 Å². The number of nitrogens with zero attached hydrogens (tertiary/aromatic N) is 2. The van der Waals surface area contributed by atoms with Gasteiger partial charge in [0.05, 0.1) is 0 Å². The standard InChI is InChI=1S/C26H32N2O5/c29-22(17-31-23-5-2-1-4-21(23)15-28-11-3-6-26(28)30)16-27-12-9-19(10-13-27)20-7-8-24-25(14-20)33-18-32-24/h1-2,4-5,7-8,14,19,22,29H,3,6,9-13,15-18H2/t22-/m0/s1. The number of para-hydroxylation sites is 1. The minimum absolute atomic E-state index is 0.203. The third-order valence-corrected chi connectivity index (χ3v) is 6.86. The van der Waals surface area contributed by atoms with E-state index in [1.165, 1.54) is 5.56 Å². The van der Waals surface area contributed by atoms with Crippen molar-refractivity contribution in [1.29, 1.82) is 0 Å². The fraction of sp³-hybridized carbons (Fsp3) is 0.500. The Morgan fingerprint density at radius 1 is 1.06 bits per heavy atom. The Morgan fingerprint density at radius 2 is 1.88 bits per heavy atom. The van der Waals surface area contributed by atoms with E-state index in [4.69, 9.17) is 14.2 Å². The zero-order chi connectivity index (χ0) is 22.6. The first-order valence-electron chi connectivity index (χ1n) is 11.9. The maximum absolute atomic E-state index is 12.0. The summed E-state index contributed by atoms with van der Waals surface area (Å²) in [5.74, 6) is 3.13. The van der Waals surface area contributed by atoms with Crippen molar-refractivity contribution in [2.24, 2.45) is 0 Å².